The predicted molar refractivity (Wildman–Crippen MR) is 74.7 cm³/mol. The highest BCUT2D eigenvalue weighted by Gasteiger charge is 2.42. The van der Waals surface area contributed by atoms with E-state index in [1.165, 1.54) is 6.92 Å². The van der Waals surface area contributed by atoms with Gasteiger partial charge in [0.1, 0.15) is 5.78 Å². The smallest absolute Gasteiger partial charge is 0.413 e. The van der Waals surface area contributed by atoms with Gasteiger partial charge in [0.2, 0.25) is 0 Å². The fourth-order valence-electron chi connectivity index (χ4n) is 3.25. The van der Waals surface area contributed by atoms with E-state index < -0.39 is 24.1 Å². The first kappa shape index (κ1) is 16.5. The largest absolute Gasteiger partial charge is 0.453 e. The van der Waals surface area contributed by atoms with Gasteiger partial charge in [-0.25, -0.2) is 4.79 Å². The normalized spacial score (nSPS) is 28.5. The summed E-state index contributed by atoms with van der Waals surface area (Å²) in [4.78, 5) is 46.8. The number of methoxy groups -OCH3 is 1. The summed E-state index contributed by atoms with van der Waals surface area (Å²) in [5.74, 6) is -1.38. The Balaban J connectivity index is 1.88. The van der Waals surface area contributed by atoms with E-state index in [1.807, 2.05) is 5.32 Å². The van der Waals surface area contributed by atoms with Crippen LogP contribution in [-0.4, -0.2) is 37.0 Å². The second kappa shape index (κ2) is 6.89. The Morgan fingerprint density at radius 1 is 1.18 bits per heavy atom. The minimum Gasteiger partial charge on any atom is -0.453 e. The molecule has 2 aliphatic carbocycles. The van der Waals surface area contributed by atoms with E-state index in [-0.39, 0.29) is 23.5 Å². The molecule has 4 atom stereocenters. The van der Waals surface area contributed by atoms with Crippen molar-refractivity contribution in [1.29, 1.82) is 0 Å². The molecule has 0 saturated heterocycles. The lowest BCUT2D eigenvalue weighted by molar-refractivity contribution is -0.162. The SMILES string of the molecule is COC(=O)NC(=O)[C@H](C)OC(=O)C1C[C@H]2CCC[C@@H](C1)C2=O. The highest BCUT2D eigenvalue weighted by atomic mass is 16.6. The molecule has 2 aliphatic rings. The average Bonchev–Trinajstić information content (AvgIpc) is 2.46. The molecule has 2 bridgehead atoms. The molecular weight excluding hydrogens is 290 g/mol. The van der Waals surface area contributed by atoms with Crippen LogP contribution in [0.4, 0.5) is 4.79 Å². The number of nitrogens with one attached hydrogen (secondary N) is 1. The summed E-state index contributed by atoms with van der Waals surface area (Å²) in [6, 6.07) is 0. The van der Waals surface area contributed by atoms with Gasteiger partial charge in [0.25, 0.3) is 5.91 Å². The van der Waals surface area contributed by atoms with Crippen molar-refractivity contribution < 1.29 is 28.7 Å². The lowest BCUT2D eigenvalue weighted by Crippen LogP contribution is -2.43. The number of Topliss-reactive ketones (excluding diaryl/α,β-unsaturated/α-hetero) is 1. The van der Waals surface area contributed by atoms with Crippen LogP contribution in [0.5, 0.6) is 0 Å². The van der Waals surface area contributed by atoms with Gasteiger partial charge < -0.3 is 9.47 Å². The third kappa shape index (κ3) is 3.64. The van der Waals surface area contributed by atoms with E-state index in [1.54, 1.807) is 0 Å². The zero-order valence-corrected chi connectivity index (χ0v) is 12.8. The van der Waals surface area contributed by atoms with Crippen LogP contribution in [0, 0.1) is 17.8 Å². The minimum absolute atomic E-state index is 0.0516. The van der Waals surface area contributed by atoms with Gasteiger partial charge in [0.15, 0.2) is 6.10 Å². The van der Waals surface area contributed by atoms with E-state index in [0.29, 0.717) is 12.8 Å². The first-order valence-electron chi connectivity index (χ1n) is 7.55. The topological polar surface area (TPSA) is 98.8 Å². The lowest BCUT2D eigenvalue weighted by Gasteiger charge is -2.36. The third-order valence-corrected chi connectivity index (χ3v) is 4.45. The molecule has 0 radical (unpaired) electrons. The molecule has 2 rings (SSSR count). The molecule has 122 valence electrons. The molecule has 0 spiro atoms. The van der Waals surface area contributed by atoms with Crippen LogP contribution < -0.4 is 5.32 Å². The van der Waals surface area contributed by atoms with E-state index in [9.17, 15) is 19.2 Å². The summed E-state index contributed by atoms with van der Waals surface area (Å²) >= 11 is 0. The van der Waals surface area contributed by atoms with Gasteiger partial charge in [-0.15, -0.1) is 0 Å². The van der Waals surface area contributed by atoms with Crippen LogP contribution >= 0.6 is 0 Å². The van der Waals surface area contributed by atoms with Crippen molar-refractivity contribution >= 4 is 23.8 Å². The van der Waals surface area contributed by atoms with E-state index >= 15 is 0 Å². The lowest BCUT2D eigenvalue weighted by atomic mass is 9.67. The Morgan fingerprint density at radius 3 is 2.32 bits per heavy atom. The molecule has 0 aromatic heterocycles. The molecule has 1 unspecified atom stereocenters. The summed E-state index contributed by atoms with van der Waals surface area (Å²) in [5.41, 5.74) is 0. The summed E-state index contributed by atoms with van der Waals surface area (Å²) in [6.07, 6.45) is 1.71. The zero-order chi connectivity index (χ0) is 16.3. The summed E-state index contributed by atoms with van der Waals surface area (Å²) in [6.45, 7) is 1.39. The summed E-state index contributed by atoms with van der Waals surface area (Å²) in [7, 11) is 1.14. The molecule has 0 aliphatic heterocycles. The molecule has 2 fully saturated rings. The second-order valence-electron chi connectivity index (χ2n) is 5.96. The van der Waals surface area contributed by atoms with Crippen molar-refractivity contribution in [2.45, 2.75) is 45.1 Å². The van der Waals surface area contributed by atoms with Gasteiger partial charge in [0, 0.05) is 11.8 Å². The first-order chi connectivity index (χ1) is 10.4. The number of rotatable bonds is 3. The number of alkyl carbamates (subject to hydrolysis) is 1. The Kier molecular flexibility index (Phi) is 5.15. The zero-order valence-electron chi connectivity index (χ0n) is 12.8. The monoisotopic (exact) mass is 311 g/mol. The predicted octanol–water partition coefficient (Wildman–Crippen LogP) is 1.20. The Morgan fingerprint density at radius 2 is 1.77 bits per heavy atom. The van der Waals surface area contributed by atoms with Crippen molar-refractivity contribution in [3.05, 3.63) is 0 Å². The maximum Gasteiger partial charge on any atom is 0.413 e. The Labute approximate surface area is 128 Å². The van der Waals surface area contributed by atoms with Gasteiger partial charge in [-0.05, 0) is 32.6 Å². The molecule has 0 aromatic carbocycles. The van der Waals surface area contributed by atoms with Crippen molar-refractivity contribution in [3.63, 3.8) is 0 Å². The van der Waals surface area contributed by atoms with Crippen LogP contribution in [0.25, 0.3) is 0 Å². The number of fused-ring (bicyclic) bond motifs is 2. The van der Waals surface area contributed by atoms with E-state index in [2.05, 4.69) is 4.74 Å². The molecule has 22 heavy (non-hydrogen) atoms. The number of hydrogen-bond donors (Lipinski definition) is 1. The number of ether oxygens (including phenoxy) is 2. The quantitative estimate of drug-likeness (QED) is 0.786. The van der Waals surface area contributed by atoms with Crippen molar-refractivity contribution in [3.8, 4) is 0 Å². The Hall–Kier alpha value is -1.92. The fraction of sp³-hybridized carbons (Fsp3) is 0.733. The number of amides is 2. The number of esters is 1. The number of hydrogen-bond acceptors (Lipinski definition) is 6. The fourth-order valence-corrected chi connectivity index (χ4v) is 3.25. The number of ketones is 1. The summed E-state index contributed by atoms with van der Waals surface area (Å²) < 4.78 is 9.43. The van der Waals surface area contributed by atoms with Crippen LogP contribution in [0.1, 0.15) is 39.0 Å². The van der Waals surface area contributed by atoms with Crippen LogP contribution in [0.15, 0.2) is 0 Å². The van der Waals surface area contributed by atoms with Gasteiger partial charge in [0.05, 0.1) is 13.0 Å². The van der Waals surface area contributed by atoms with Gasteiger partial charge in [-0.2, -0.15) is 0 Å². The number of carbonyl (C=O) groups is 4. The van der Waals surface area contributed by atoms with Gasteiger partial charge >= 0.3 is 12.1 Å². The van der Waals surface area contributed by atoms with Crippen molar-refractivity contribution in [2.75, 3.05) is 7.11 Å². The molecule has 0 aromatic rings. The standard InChI is InChI=1S/C15H21NO6/c1-8(13(18)16-15(20)21-2)22-14(19)11-6-9-4-3-5-10(7-11)12(9)17/h8-11H,3-7H2,1-2H3,(H,16,18,20)/t8-,9-,10+,11?/m0/s1. The van der Waals surface area contributed by atoms with Crippen LogP contribution in [-0.2, 0) is 23.9 Å². The van der Waals surface area contributed by atoms with Crippen molar-refractivity contribution in [1.82, 2.24) is 5.32 Å². The van der Waals surface area contributed by atoms with Gasteiger partial charge in [-0.3, -0.25) is 19.7 Å². The second-order valence-corrected chi connectivity index (χ2v) is 5.96. The first-order valence-corrected chi connectivity index (χ1v) is 7.55. The van der Waals surface area contributed by atoms with Crippen LogP contribution in [0.2, 0.25) is 0 Å². The molecule has 2 saturated carbocycles. The van der Waals surface area contributed by atoms with E-state index in [4.69, 9.17) is 4.74 Å². The van der Waals surface area contributed by atoms with E-state index in [0.717, 1.165) is 26.4 Å². The maximum atomic E-state index is 12.2. The molecule has 1 N–H and O–H groups in total. The molecule has 2 amide bonds. The molecule has 0 heterocycles. The van der Waals surface area contributed by atoms with Gasteiger partial charge in [-0.1, -0.05) is 6.42 Å². The molecule has 7 nitrogen and oxygen atoms in total. The third-order valence-electron chi connectivity index (χ3n) is 4.45. The molecule has 7 heteroatoms. The van der Waals surface area contributed by atoms with Crippen molar-refractivity contribution in [2.24, 2.45) is 17.8 Å². The van der Waals surface area contributed by atoms with Crippen LogP contribution in [0.3, 0.4) is 0 Å². The highest BCUT2D eigenvalue weighted by Crippen LogP contribution is 2.40. The summed E-state index contributed by atoms with van der Waals surface area (Å²) in [5, 5.41) is 1.95. The maximum absolute atomic E-state index is 12.2. The highest BCUT2D eigenvalue weighted by molar-refractivity contribution is 5.95. The molecular formula is C15H21NO6. The number of carbonyl (C=O) groups excluding carboxylic acids is 4. The number of imide groups is 1. The average molecular weight is 311 g/mol. The minimum atomic E-state index is -1.08. The Bertz CT molecular complexity index is 472.